The van der Waals surface area contributed by atoms with Gasteiger partial charge in [0.1, 0.15) is 0 Å². The minimum Gasteiger partial charge on any atom is -0.0776 e. The van der Waals surface area contributed by atoms with Crippen molar-refractivity contribution in [2.24, 2.45) is 0 Å². The Labute approximate surface area is 136 Å². The summed E-state index contributed by atoms with van der Waals surface area (Å²) in [5, 5.41) is 0. The first-order chi connectivity index (χ1) is 0. The molecule has 0 N–H and O–H groups in total. The molecule has 0 radical (unpaired) electrons. The Hall–Kier alpha value is 4.21. The van der Waals surface area contributed by atoms with Crippen molar-refractivity contribution in [1.82, 2.24) is 0 Å². The summed E-state index contributed by atoms with van der Waals surface area (Å²) < 4.78 is 0. The molecule has 0 nitrogen and oxygen atoms in total. The van der Waals surface area contributed by atoms with Crippen LogP contribution in [0.15, 0.2) is 0 Å². The van der Waals surface area contributed by atoms with Gasteiger partial charge in [-0.2, -0.15) is 0 Å². The van der Waals surface area contributed by atoms with Crippen LogP contribution in [0.1, 0.15) is 14.9 Å². The molecule has 0 spiro atoms. The topological polar surface area (TPSA) is 0 Å². The van der Waals surface area contributed by atoms with Crippen molar-refractivity contribution in [1.29, 1.82) is 0 Å². The van der Waals surface area contributed by atoms with E-state index in [0.29, 0.717) is 0 Å². The fourth-order valence-corrected chi connectivity index (χ4v) is 0. The van der Waals surface area contributed by atoms with Gasteiger partial charge in [-0.3, -0.25) is 0 Å². The largest absolute Gasteiger partial charge is 0.0776 e. The third-order valence-corrected chi connectivity index (χ3v) is 0. The maximum absolute atomic E-state index is 0. The van der Waals surface area contributed by atoms with Gasteiger partial charge in [-0.15, -0.1) is 0 Å². The molecule has 32 valence electrons. The summed E-state index contributed by atoms with van der Waals surface area (Å²) in [6, 6.07) is 0. The van der Waals surface area contributed by atoms with Crippen LogP contribution in [0.2, 0.25) is 0 Å². The van der Waals surface area contributed by atoms with Gasteiger partial charge in [0, 0.05) is 124 Å². The molecule has 0 saturated heterocycles. The van der Waals surface area contributed by atoms with Crippen molar-refractivity contribution in [3.05, 3.63) is 0 Å². The SMILES string of the molecule is C.C.[U].[U].[U].[U]. The number of hydrogen-bond donors (Lipinski definition) is 0. The third kappa shape index (κ3) is 24.1. The van der Waals surface area contributed by atoms with E-state index in [1.807, 2.05) is 0 Å². The first-order valence-electron chi connectivity index (χ1n) is 0. The van der Waals surface area contributed by atoms with Crippen molar-refractivity contribution < 1.29 is 124 Å². The van der Waals surface area contributed by atoms with E-state index in [1.165, 1.54) is 0 Å². The van der Waals surface area contributed by atoms with Gasteiger partial charge in [0.25, 0.3) is 0 Å². The Balaban J connectivity index is 0. The Morgan fingerprint density at radius 1 is 0.333 bits per heavy atom. The maximum Gasteiger partial charge on any atom is 0 e. The minimum atomic E-state index is 0. The summed E-state index contributed by atoms with van der Waals surface area (Å²) in [6.07, 6.45) is 0. The standard InChI is InChI=1S/2CH4.4U/h2*1H4;;;;. The van der Waals surface area contributed by atoms with Crippen molar-refractivity contribution in [3.8, 4) is 0 Å². The van der Waals surface area contributed by atoms with Crippen LogP contribution in [-0.4, -0.2) is 0 Å². The fourth-order valence-electron chi connectivity index (χ4n) is 0. The molecule has 0 bridgehead atoms. The second-order valence-electron chi connectivity index (χ2n) is 0. The van der Waals surface area contributed by atoms with E-state index in [4.69, 9.17) is 0 Å². The quantitative estimate of drug-likeness (QED) is 0.344. The van der Waals surface area contributed by atoms with Crippen LogP contribution in [0, 0.1) is 124 Å². The predicted octanol–water partition coefficient (Wildman–Crippen LogP) is 1.27. The Bertz CT molecular complexity index is 5.51. The predicted molar refractivity (Wildman–Crippen MR) is 13.5 cm³/mol. The maximum atomic E-state index is 0. The molecule has 0 fully saturated rings. The Kier molecular flexibility index (Phi) is 285. The zero-order valence-electron chi connectivity index (χ0n) is 2.00. The van der Waals surface area contributed by atoms with E-state index in [-0.39, 0.29) is 139 Å². The molecule has 0 rings (SSSR count). The second-order valence-corrected chi connectivity index (χ2v) is 0. The number of rotatable bonds is 0. The molecule has 0 aliphatic heterocycles. The van der Waals surface area contributed by atoms with Crippen LogP contribution in [-0.2, 0) is 0 Å². The fraction of sp³-hybridized carbons (Fsp3) is 1.00. The van der Waals surface area contributed by atoms with Crippen molar-refractivity contribution in [3.63, 3.8) is 0 Å². The van der Waals surface area contributed by atoms with Gasteiger partial charge in [-0.05, 0) is 0 Å². The normalized spacial score (nSPS) is 0. The van der Waals surface area contributed by atoms with Crippen LogP contribution >= 0.6 is 0 Å². The molecular weight excluding hydrogens is 976 g/mol. The van der Waals surface area contributed by atoms with Crippen LogP contribution in [0.3, 0.4) is 0 Å². The Morgan fingerprint density at radius 3 is 0.333 bits per heavy atom. The molecule has 0 aliphatic rings. The summed E-state index contributed by atoms with van der Waals surface area (Å²) >= 11 is 0. The monoisotopic (exact) mass is 984 g/mol. The van der Waals surface area contributed by atoms with Gasteiger partial charge >= 0.3 is 0 Å². The zero-order chi connectivity index (χ0) is 0. The third-order valence-electron chi connectivity index (χ3n) is 0. The molecule has 0 saturated carbocycles. The van der Waals surface area contributed by atoms with Crippen LogP contribution in [0.4, 0.5) is 0 Å². The minimum absolute atomic E-state index is 0. The van der Waals surface area contributed by atoms with Crippen LogP contribution < -0.4 is 0 Å². The summed E-state index contributed by atoms with van der Waals surface area (Å²) in [7, 11) is 0. The average molecular weight is 984 g/mol. The smallest absolute Gasteiger partial charge is 0 e. The van der Waals surface area contributed by atoms with Crippen molar-refractivity contribution in [2.75, 3.05) is 0 Å². The summed E-state index contributed by atoms with van der Waals surface area (Å²) in [5.41, 5.74) is 0. The molecule has 4 heteroatoms. The van der Waals surface area contributed by atoms with Crippen molar-refractivity contribution >= 4 is 0 Å². The first kappa shape index (κ1) is 48.9. The van der Waals surface area contributed by atoms with Crippen molar-refractivity contribution in [2.45, 2.75) is 14.9 Å². The molecule has 0 amide bonds. The van der Waals surface area contributed by atoms with Crippen LogP contribution in [0.5, 0.6) is 0 Å². The van der Waals surface area contributed by atoms with Crippen LogP contribution in [0.25, 0.3) is 0 Å². The van der Waals surface area contributed by atoms with E-state index in [9.17, 15) is 0 Å². The molecule has 0 atom stereocenters. The molecule has 0 unspecified atom stereocenters. The van der Waals surface area contributed by atoms with Gasteiger partial charge in [-0.1, -0.05) is 14.9 Å². The summed E-state index contributed by atoms with van der Waals surface area (Å²) in [5.74, 6) is 0. The number of hydrogen-bond acceptors (Lipinski definition) is 0. The van der Waals surface area contributed by atoms with E-state index in [1.54, 1.807) is 0 Å². The summed E-state index contributed by atoms with van der Waals surface area (Å²) in [6.45, 7) is 0. The zero-order valence-corrected chi connectivity index (χ0v) is 18.7. The summed E-state index contributed by atoms with van der Waals surface area (Å²) in [4.78, 5) is 0. The van der Waals surface area contributed by atoms with Gasteiger partial charge in [0.15, 0.2) is 0 Å². The molecule has 0 heterocycles. The van der Waals surface area contributed by atoms with Gasteiger partial charge in [0.05, 0.1) is 0 Å². The Morgan fingerprint density at radius 2 is 0.333 bits per heavy atom. The second kappa shape index (κ2) is 35.0. The molecule has 6 heavy (non-hydrogen) atoms. The van der Waals surface area contributed by atoms with E-state index >= 15 is 0 Å². The molecule has 0 aromatic carbocycles. The van der Waals surface area contributed by atoms with E-state index < -0.39 is 0 Å². The van der Waals surface area contributed by atoms with E-state index in [2.05, 4.69) is 0 Å². The van der Waals surface area contributed by atoms with Gasteiger partial charge in [0.2, 0.25) is 0 Å². The average Bonchev–Trinajstić information content (AvgIpc) is 0. The molecule has 0 aliphatic carbocycles. The first-order valence-corrected chi connectivity index (χ1v) is 0. The van der Waals surface area contributed by atoms with Gasteiger partial charge < -0.3 is 0 Å². The van der Waals surface area contributed by atoms with Gasteiger partial charge in [-0.25, -0.2) is 0 Å². The van der Waals surface area contributed by atoms with E-state index in [0.717, 1.165) is 0 Å². The molecular formula is C2H8U4. The molecule has 0 aromatic rings. The molecule has 0 aromatic heterocycles.